The lowest BCUT2D eigenvalue weighted by Gasteiger charge is -2.06. The van der Waals surface area contributed by atoms with Gasteiger partial charge in [-0.25, -0.2) is 4.79 Å². The molecule has 19 heavy (non-hydrogen) atoms. The Balaban J connectivity index is 2.47. The molecule has 0 saturated heterocycles. The molecule has 0 aromatic heterocycles. The van der Waals surface area contributed by atoms with Crippen molar-refractivity contribution in [2.75, 3.05) is 11.9 Å². The van der Waals surface area contributed by atoms with Gasteiger partial charge in [-0.15, -0.1) is 0 Å². The van der Waals surface area contributed by atoms with Gasteiger partial charge in [0.05, 0.1) is 0 Å². The van der Waals surface area contributed by atoms with Gasteiger partial charge in [0, 0.05) is 21.8 Å². The summed E-state index contributed by atoms with van der Waals surface area (Å²) in [7, 11) is 0. The Bertz CT molecular complexity index is 480. The number of halogens is 2. The molecule has 1 aromatic rings. The second kappa shape index (κ2) is 7.81. The zero-order chi connectivity index (χ0) is 14.3. The van der Waals surface area contributed by atoms with E-state index < -0.39 is 11.9 Å². The maximum absolute atomic E-state index is 11.5. The molecule has 1 rings (SSSR count). The van der Waals surface area contributed by atoms with Crippen LogP contribution in [0.15, 0.2) is 30.4 Å². The predicted octanol–water partition coefficient (Wildman–Crippen LogP) is 3.44. The van der Waals surface area contributed by atoms with Crippen molar-refractivity contribution < 1.29 is 14.3 Å². The van der Waals surface area contributed by atoms with Crippen LogP contribution in [-0.4, -0.2) is 18.5 Å². The summed E-state index contributed by atoms with van der Waals surface area (Å²) in [4.78, 5) is 22.7. The number of anilines is 1. The van der Waals surface area contributed by atoms with Crippen molar-refractivity contribution in [3.05, 3.63) is 40.4 Å². The average molecular weight is 302 g/mol. The van der Waals surface area contributed by atoms with E-state index in [9.17, 15) is 9.59 Å². The Morgan fingerprint density at radius 2 is 1.89 bits per heavy atom. The summed E-state index contributed by atoms with van der Waals surface area (Å²) < 4.78 is 4.73. The van der Waals surface area contributed by atoms with Gasteiger partial charge in [-0.1, -0.05) is 36.2 Å². The van der Waals surface area contributed by atoms with Crippen LogP contribution in [0, 0.1) is 0 Å². The van der Waals surface area contributed by atoms with E-state index in [1.165, 1.54) is 6.08 Å². The fraction of sp³-hybridized carbons (Fsp3) is 0.231. The van der Waals surface area contributed by atoms with Crippen molar-refractivity contribution in [1.29, 1.82) is 0 Å². The molecule has 0 aliphatic rings. The number of ether oxygens (including phenoxy) is 1. The fourth-order valence-corrected chi connectivity index (χ4v) is 1.75. The molecule has 0 fully saturated rings. The van der Waals surface area contributed by atoms with Crippen molar-refractivity contribution >= 4 is 40.8 Å². The molecule has 0 bridgehead atoms. The van der Waals surface area contributed by atoms with E-state index in [1.54, 1.807) is 24.3 Å². The topological polar surface area (TPSA) is 55.4 Å². The molecule has 0 radical (unpaired) electrons. The van der Waals surface area contributed by atoms with Crippen LogP contribution in [0.1, 0.15) is 13.3 Å². The first-order chi connectivity index (χ1) is 9.01. The maximum atomic E-state index is 11.5. The standard InChI is InChI=1S/C13H13Cl2NO3/c1-2-3-4-13(18)19-8-12(17)16-11-6-9(14)5-10(15)7-11/h3-7H,2,8H2,1H3,(H,16,17)/b4-3+. The fourth-order valence-electron chi connectivity index (χ4n) is 1.22. The summed E-state index contributed by atoms with van der Waals surface area (Å²) in [6.45, 7) is 1.52. The number of benzene rings is 1. The Morgan fingerprint density at radius 3 is 2.47 bits per heavy atom. The van der Waals surface area contributed by atoms with E-state index >= 15 is 0 Å². The minimum absolute atomic E-state index is 0.364. The highest BCUT2D eigenvalue weighted by Gasteiger charge is 2.06. The Kier molecular flexibility index (Phi) is 6.39. The highest BCUT2D eigenvalue weighted by Crippen LogP contribution is 2.22. The highest BCUT2D eigenvalue weighted by molar-refractivity contribution is 6.35. The zero-order valence-electron chi connectivity index (χ0n) is 10.3. The summed E-state index contributed by atoms with van der Waals surface area (Å²) >= 11 is 11.6. The molecule has 0 aliphatic heterocycles. The molecule has 0 unspecified atom stereocenters. The van der Waals surface area contributed by atoms with Crippen LogP contribution in [0.4, 0.5) is 5.69 Å². The quantitative estimate of drug-likeness (QED) is 0.669. The predicted molar refractivity (Wildman–Crippen MR) is 75.5 cm³/mol. The van der Waals surface area contributed by atoms with Gasteiger partial charge in [0.2, 0.25) is 0 Å². The first kappa shape index (κ1) is 15.5. The smallest absolute Gasteiger partial charge is 0.330 e. The molecule has 0 spiro atoms. The lowest BCUT2D eigenvalue weighted by molar-refractivity contribution is -0.142. The second-order valence-corrected chi connectivity index (χ2v) is 4.50. The number of esters is 1. The van der Waals surface area contributed by atoms with Gasteiger partial charge in [-0.2, -0.15) is 0 Å². The van der Waals surface area contributed by atoms with Gasteiger partial charge in [0.1, 0.15) is 0 Å². The molecular weight excluding hydrogens is 289 g/mol. The summed E-state index contributed by atoms with van der Waals surface area (Å²) in [6, 6.07) is 4.64. The third-order valence-electron chi connectivity index (χ3n) is 1.98. The van der Waals surface area contributed by atoms with Gasteiger partial charge >= 0.3 is 5.97 Å². The molecule has 1 N–H and O–H groups in total. The van der Waals surface area contributed by atoms with E-state index in [4.69, 9.17) is 27.9 Å². The van der Waals surface area contributed by atoms with Crippen LogP contribution < -0.4 is 5.32 Å². The third kappa shape index (κ3) is 6.27. The summed E-state index contributed by atoms with van der Waals surface area (Å²) in [5, 5.41) is 3.34. The zero-order valence-corrected chi connectivity index (χ0v) is 11.8. The van der Waals surface area contributed by atoms with Crippen LogP contribution in [-0.2, 0) is 14.3 Å². The van der Waals surface area contributed by atoms with Crippen molar-refractivity contribution in [3.8, 4) is 0 Å². The number of rotatable bonds is 5. The molecule has 4 nitrogen and oxygen atoms in total. The van der Waals surface area contributed by atoms with Crippen molar-refractivity contribution in [1.82, 2.24) is 0 Å². The highest BCUT2D eigenvalue weighted by atomic mass is 35.5. The van der Waals surface area contributed by atoms with E-state index in [-0.39, 0.29) is 6.61 Å². The lowest BCUT2D eigenvalue weighted by atomic mass is 10.3. The van der Waals surface area contributed by atoms with Gasteiger partial charge in [0.25, 0.3) is 5.91 Å². The Hall–Kier alpha value is -1.52. The third-order valence-corrected chi connectivity index (χ3v) is 2.42. The molecule has 102 valence electrons. The number of carbonyl (C=O) groups is 2. The SMILES string of the molecule is CC/C=C/C(=O)OCC(=O)Nc1cc(Cl)cc(Cl)c1. The summed E-state index contributed by atoms with van der Waals surface area (Å²) in [5.41, 5.74) is 0.447. The molecule has 0 atom stereocenters. The molecular formula is C13H13Cl2NO3. The molecule has 1 aromatic carbocycles. The summed E-state index contributed by atoms with van der Waals surface area (Å²) in [6.07, 6.45) is 3.66. The van der Waals surface area contributed by atoms with Gasteiger partial charge < -0.3 is 10.1 Å². The molecule has 0 saturated carbocycles. The first-order valence-electron chi connectivity index (χ1n) is 5.60. The molecule has 0 heterocycles. The van der Waals surface area contributed by atoms with E-state index in [0.29, 0.717) is 15.7 Å². The van der Waals surface area contributed by atoms with Crippen molar-refractivity contribution in [2.45, 2.75) is 13.3 Å². The number of allylic oxidation sites excluding steroid dienone is 1. The Labute approximate surface area is 121 Å². The number of carbonyl (C=O) groups excluding carboxylic acids is 2. The van der Waals surface area contributed by atoms with Crippen molar-refractivity contribution in [3.63, 3.8) is 0 Å². The van der Waals surface area contributed by atoms with Crippen LogP contribution in [0.25, 0.3) is 0 Å². The van der Waals surface area contributed by atoms with Crippen LogP contribution >= 0.6 is 23.2 Å². The minimum Gasteiger partial charge on any atom is -0.452 e. The second-order valence-electron chi connectivity index (χ2n) is 3.62. The summed E-state index contributed by atoms with van der Waals surface area (Å²) in [5.74, 6) is -1.02. The van der Waals surface area contributed by atoms with Crippen LogP contribution in [0.3, 0.4) is 0 Å². The molecule has 6 heteroatoms. The maximum Gasteiger partial charge on any atom is 0.330 e. The molecule has 1 amide bonds. The van der Waals surface area contributed by atoms with Crippen LogP contribution in [0.2, 0.25) is 10.0 Å². The first-order valence-corrected chi connectivity index (χ1v) is 6.36. The number of amides is 1. The number of nitrogens with one attached hydrogen (secondary N) is 1. The van der Waals surface area contributed by atoms with Gasteiger partial charge in [0.15, 0.2) is 6.61 Å². The number of hydrogen-bond acceptors (Lipinski definition) is 3. The van der Waals surface area contributed by atoms with E-state index in [1.807, 2.05) is 6.92 Å². The van der Waals surface area contributed by atoms with Gasteiger partial charge in [-0.3, -0.25) is 4.79 Å². The lowest BCUT2D eigenvalue weighted by Crippen LogP contribution is -2.20. The van der Waals surface area contributed by atoms with E-state index in [0.717, 1.165) is 6.42 Å². The largest absolute Gasteiger partial charge is 0.452 e. The minimum atomic E-state index is -0.555. The normalized spacial score (nSPS) is 10.5. The van der Waals surface area contributed by atoms with Gasteiger partial charge in [-0.05, 0) is 24.6 Å². The Morgan fingerprint density at radius 1 is 1.26 bits per heavy atom. The monoisotopic (exact) mass is 301 g/mol. The average Bonchev–Trinajstić information content (AvgIpc) is 2.32. The van der Waals surface area contributed by atoms with Crippen LogP contribution in [0.5, 0.6) is 0 Å². The number of hydrogen-bond donors (Lipinski definition) is 1. The van der Waals surface area contributed by atoms with E-state index in [2.05, 4.69) is 5.32 Å². The van der Waals surface area contributed by atoms with Crippen molar-refractivity contribution in [2.24, 2.45) is 0 Å². The molecule has 0 aliphatic carbocycles.